The van der Waals surface area contributed by atoms with Crippen molar-refractivity contribution < 1.29 is 14.3 Å². The summed E-state index contributed by atoms with van der Waals surface area (Å²) in [6, 6.07) is 6.82. The second-order valence-electron chi connectivity index (χ2n) is 7.74. The van der Waals surface area contributed by atoms with Crippen molar-refractivity contribution in [3.05, 3.63) is 59.3 Å². The summed E-state index contributed by atoms with van der Waals surface area (Å²) >= 11 is 0. The zero-order chi connectivity index (χ0) is 20.7. The van der Waals surface area contributed by atoms with Crippen molar-refractivity contribution in [3.63, 3.8) is 0 Å². The van der Waals surface area contributed by atoms with Crippen LogP contribution in [0.15, 0.2) is 36.9 Å². The average molecular weight is 396 g/mol. The van der Waals surface area contributed by atoms with E-state index >= 15 is 0 Å². The highest BCUT2D eigenvalue weighted by atomic mass is 19.1. The number of hydrogen-bond donors (Lipinski definition) is 4. The molecule has 1 aliphatic carbocycles. The van der Waals surface area contributed by atoms with Crippen LogP contribution in [0.2, 0.25) is 0 Å². The van der Waals surface area contributed by atoms with Crippen LogP contribution in [0.1, 0.15) is 47.1 Å². The van der Waals surface area contributed by atoms with E-state index in [-0.39, 0.29) is 24.7 Å². The van der Waals surface area contributed by atoms with Crippen LogP contribution in [0.5, 0.6) is 5.75 Å². The van der Waals surface area contributed by atoms with E-state index in [0.717, 1.165) is 29.7 Å². The van der Waals surface area contributed by atoms with Gasteiger partial charge in [-0.25, -0.2) is 4.39 Å². The van der Waals surface area contributed by atoms with Gasteiger partial charge in [0.15, 0.2) is 0 Å². The molecule has 2 unspecified atom stereocenters. The summed E-state index contributed by atoms with van der Waals surface area (Å²) in [5.74, 6) is 0.0536. The fourth-order valence-electron chi connectivity index (χ4n) is 4.13. The zero-order valence-electron chi connectivity index (χ0n) is 16.1. The number of amides is 1. The molecule has 6 N–H and O–H groups in total. The quantitative estimate of drug-likeness (QED) is 0.582. The molecule has 0 spiro atoms. The van der Waals surface area contributed by atoms with Crippen LogP contribution in [-0.4, -0.2) is 40.2 Å². The number of hydrogen-bond acceptors (Lipinski definition) is 4. The number of aromatic hydroxyl groups is 1. The number of para-hydroxylation sites is 1. The van der Waals surface area contributed by atoms with Crippen LogP contribution >= 0.6 is 0 Å². The average Bonchev–Trinajstić information content (AvgIpc) is 3.39. The maximum atomic E-state index is 14.8. The molecule has 7 heteroatoms. The Kier molecular flexibility index (Phi) is 4.82. The van der Waals surface area contributed by atoms with Crippen LogP contribution in [-0.2, 0) is 4.79 Å². The summed E-state index contributed by atoms with van der Waals surface area (Å²) in [7, 11) is 0. The Morgan fingerprint density at radius 3 is 2.69 bits per heavy atom. The Labute approximate surface area is 168 Å². The van der Waals surface area contributed by atoms with Gasteiger partial charge in [-0.1, -0.05) is 18.7 Å². The number of rotatable bonds is 5. The molecular formula is C22H25FN4O2. The molecule has 2 atom stereocenters. The van der Waals surface area contributed by atoms with Crippen molar-refractivity contribution in [1.82, 2.24) is 9.88 Å². The highest BCUT2D eigenvalue weighted by Crippen LogP contribution is 2.48. The summed E-state index contributed by atoms with van der Waals surface area (Å²) in [4.78, 5) is 16.6. The lowest BCUT2D eigenvalue weighted by Gasteiger charge is -2.15. The standard InChI is InChI=1S/C22H25FN4O2/c1-2-19(29)27-10-15(16(23)11-27)21-20(12-7-8-12)14(22(25)26-21)9-17(24)13-5-3-4-6-18(13)28/h2-6,9,12,15-16,26,28H,1,7-8,10-11,24-25H2/b17-9-. The van der Waals surface area contributed by atoms with Crippen LogP contribution in [0.4, 0.5) is 10.2 Å². The van der Waals surface area contributed by atoms with E-state index in [0.29, 0.717) is 23.0 Å². The van der Waals surface area contributed by atoms with Gasteiger partial charge in [0.1, 0.15) is 17.7 Å². The lowest BCUT2D eigenvalue weighted by atomic mass is 9.94. The van der Waals surface area contributed by atoms with Crippen molar-refractivity contribution in [3.8, 4) is 5.75 Å². The SMILES string of the molecule is C=CC(=O)N1CC(F)C(c2[nH]c(N)c(/C=C(\N)c3ccccc3O)c2C2CC2)C1. The number of H-pyrrole nitrogens is 1. The molecule has 1 saturated heterocycles. The van der Waals surface area contributed by atoms with E-state index < -0.39 is 12.1 Å². The van der Waals surface area contributed by atoms with Gasteiger partial charge >= 0.3 is 0 Å². The number of likely N-dealkylation sites (tertiary alicyclic amines) is 1. The number of nitrogens with zero attached hydrogens (tertiary/aromatic N) is 1. The number of phenolic OH excluding ortho intramolecular Hbond substituents is 1. The van der Waals surface area contributed by atoms with Gasteiger partial charge in [0.2, 0.25) is 5.91 Å². The van der Waals surface area contributed by atoms with E-state index in [9.17, 15) is 14.3 Å². The topological polar surface area (TPSA) is 108 Å². The number of aromatic amines is 1. The number of nitrogens with one attached hydrogen (secondary N) is 1. The second-order valence-corrected chi connectivity index (χ2v) is 7.74. The van der Waals surface area contributed by atoms with Gasteiger partial charge in [0.05, 0.1) is 12.5 Å². The first kappa shape index (κ1) is 19.1. The normalized spacial score (nSPS) is 22.1. The third kappa shape index (κ3) is 3.48. The Morgan fingerprint density at radius 1 is 1.31 bits per heavy atom. The third-order valence-electron chi connectivity index (χ3n) is 5.75. The molecule has 1 saturated carbocycles. The molecule has 29 heavy (non-hydrogen) atoms. The van der Waals surface area contributed by atoms with Crippen LogP contribution in [0.25, 0.3) is 11.8 Å². The van der Waals surface area contributed by atoms with Gasteiger partial charge in [-0.2, -0.15) is 0 Å². The molecule has 152 valence electrons. The number of carbonyl (C=O) groups excluding carboxylic acids is 1. The minimum absolute atomic E-state index is 0.0454. The summed E-state index contributed by atoms with van der Waals surface area (Å²) in [6.45, 7) is 3.81. The Hall–Kier alpha value is -3.22. The molecule has 4 rings (SSSR count). The van der Waals surface area contributed by atoms with E-state index in [2.05, 4.69) is 11.6 Å². The molecule has 2 aromatic rings. The number of halogens is 1. The fraction of sp³-hybridized carbons (Fsp3) is 0.318. The van der Waals surface area contributed by atoms with E-state index in [1.54, 1.807) is 30.3 Å². The number of anilines is 1. The summed E-state index contributed by atoms with van der Waals surface area (Å²) in [5, 5.41) is 10.1. The number of aromatic nitrogens is 1. The number of nitrogens with two attached hydrogens (primary N) is 2. The summed E-state index contributed by atoms with van der Waals surface area (Å²) in [6.07, 6.45) is 3.77. The molecule has 2 heterocycles. The van der Waals surface area contributed by atoms with E-state index in [1.807, 2.05) is 0 Å². The second kappa shape index (κ2) is 7.31. The van der Waals surface area contributed by atoms with Crippen LogP contribution in [0.3, 0.4) is 0 Å². The lowest BCUT2D eigenvalue weighted by molar-refractivity contribution is -0.125. The molecule has 1 aromatic carbocycles. The van der Waals surface area contributed by atoms with Gasteiger partial charge in [0.25, 0.3) is 0 Å². The molecule has 1 aliphatic heterocycles. The Morgan fingerprint density at radius 2 is 2.03 bits per heavy atom. The number of carbonyl (C=O) groups is 1. The smallest absolute Gasteiger partial charge is 0.246 e. The molecule has 2 fully saturated rings. The maximum Gasteiger partial charge on any atom is 0.246 e. The van der Waals surface area contributed by atoms with E-state index in [1.165, 1.54) is 11.0 Å². The number of phenols is 1. The maximum absolute atomic E-state index is 14.8. The molecule has 2 aliphatic rings. The first-order valence-corrected chi connectivity index (χ1v) is 9.72. The largest absolute Gasteiger partial charge is 0.507 e. The first-order chi connectivity index (χ1) is 13.9. The first-order valence-electron chi connectivity index (χ1n) is 9.72. The Balaban J connectivity index is 1.73. The number of nitrogen functional groups attached to an aromatic ring is 1. The minimum Gasteiger partial charge on any atom is -0.507 e. The van der Waals surface area contributed by atoms with Crippen molar-refractivity contribution in [1.29, 1.82) is 0 Å². The van der Waals surface area contributed by atoms with Gasteiger partial charge in [-0.15, -0.1) is 0 Å². The van der Waals surface area contributed by atoms with Gasteiger partial charge in [0, 0.05) is 29.1 Å². The van der Waals surface area contributed by atoms with Crippen LogP contribution < -0.4 is 11.5 Å². The highest BCUT2D eigenvalue weighted by molar-refractivity contribution is 5.88. The predicted octanol–water partition coefficient (Wildman–Crippen LogP) is 3.09. The summed E-state index contributed by atoms with van der Waals surface area (Å²) in [5.41, 5.74) is 15.9. The van der Waals surface area contributed by atoms with Crippen molar-refractivity contribution in [2.75, 3.05) is 18.8 Å². The third-order valence-corrected chi connectivity index (χ3v) is 5.75. The minimum atomic E-state index is -1.18. The zero-order valence-corrected chi connectivity index (χ0v) is 16.1. The van der Waals surface area contributed by atoms with Crippen molar-refractivity contribution >= 4 is 23.5 Å². The van der Waals surface area contributed by atoms with Crippen LogP contribution in [0, 0.1) is 0 Å². The van der Waals surface area contributed by atoms with E-state index in [4.69, 9.17) is 11.5 Å². The molecule has 0 radical (unpaired) electrons. The molecule has 6 nitrogen and oxygen atoms in total. The molecular weight excluding hydrogens is 371 g/mol. The predicted molar refractivity (Wildman–Crippen MR) is 112 cm³/mol. The fourth-order valence-corrected chi connectivity index (χ4v) is 4.13. The Bertz CT molecular complexity index is 993. The van der Waals surface area contributed by atoms with Gasteiger partial charge in [-0.3, -0.25) is 4.79 Å². The lowest BCUT2D eigenvalue weighted by Crippen LogP contribution is -2.27. The summed E-state index contributed by atoms with van der Waals surface area (Å²) < 4.78 is 14.8. The van der Waals surface area contributed by atoms with Gasteiger partial charge < -0.3 is 26.5 Å². The molecule has 0 bridgehead atoms. The molecule has 1 amide bonds. The molecule has 1 aromatic heterocycles. The monoisotopic (exact) mass is 396 g/mol. The number of benzene rings is 1. The van der Waals surface area contributed by atoms with Crippen molar-refractivity contribution in [2.24, 2.45) is 5.73 Å². The van der Waals surface area contributed by atoms with Gasteiger partial charge in [-0.05, 0) is 48.6 Å². The highest BCUT2D eigenvalue weighted by Gasteiger charge is 2.41. The number of alkyl halides is 1. The van der Waals surface area contributed by atoms with Crippen molar-refractivity contribution in [2.45, 2.75) is 30.8 Å².